The van der Waals surface area contributed by atoms with Gasteiger partial charge < -0.3 is 4.98 Å². The van der Waals surface area contributed by atoms with E-state index in [0.717, 1.165) is 0 Å². The van der Waals surface area contributed by atoms with E-state index in [-0.39, 0.29) is 0 Å². The summed E-state index contributed by atoms with van der Waals surface area (Å²) in [7, 11) is 0. The summed E-state index contributed by atoms with van der Waals surface area (Å²) in [5, 5.41) is 0.676. The fourth-order valence-corrected chi connectivity index (χ4v) is 0.404. The van der Waals surface area contributed by atoms with Crippen LogP contribution in [0.25, 0.3) is 0 Å². The summed E-state index contributed by atoms with van der Waals surface area (Å²) < 4.78 is 0. The number of rotatable bonds is 0. The molecule has 0 aliphatic rings. The van der Waals surface area contributed by atoms with Gasteiger partial charge in [0.15, 0.2) is 0 Å². The number of pyridine rings is 1. The zero-order valence-corrected chi connectivity index (χ0v) is 9.95. The molecule has 0 saturated heterocycles. The second-order valence-corrected chi connectivity index (χ2v) is 1.54. The van der Waals surface area contributed by atoms with Crippen LogP contribution in [0.1, 0.15) is 0 Å². The molecule has 0 bridgehead atoms. The van der Waals surface area contributed by atoms with Gasteiger partial charge in [-0.3, -0.25) is 0 Å². The topological polar surface area (TPSA) is 12.9 Å². The van der Waals surface area contributed by atoms with E-state index in [4.69, 9.17) is 11.6 Å². The van der Waals surface area contributed by atoms with Crippen molar-refractivity contribution in [1.82, 2.24) is 4.98 Å². The minimum absolute atomic E-state index is 0.676. The van der Waals surface area contributed by atoms with Gasteiger partial charge in [-0.25, -0.2) is 0 Å². The summed E-state index contributed by atoms with van der Waals surface area (Å²) in [5.74, 6) is 0. The molecule has 0 atom stereocenters. The van der Waals surface area contributed by atoms with Gasteiger partial charge in [0.2, 0.25) is 0 Å². The number of nitrogens with zero attached hydrogens (tertiary/aromatic N) is 1. The van der Waals surface area contributed by atoms with E-state index < -0.39 is 0 Å². The van der Waals surface area contributed by atoms with Crippen molar-refractivity contribution in [2.24, 2.45) is 0 Å². The molecule has 1 nitrogen and oxygen atoms in total. The Balaban J connectivity index is 0.000000291. The van der Waals surface area contributed by atoms with Crippen LogP contribution in [0.2, 0.25) is 5.02 Å². The first-order valence-electron chi connectivity index (χ1n) is 2.14. The SMILES string of the molecule is Clc1c[c-]ncc1.[Zn+][Br]. The molecule has 0 amide bonds. The number of aromatic nitrogens is 1. The van der Waals surface area contributed by atoms with Crippen molar-refractivity contribution in [3.05, 3.63) is 29.5 Å². The molecule has 1 rings (SSSR count). The fraction of sp³-hybridized carbons (Fsp3) is 0. The van der Waals surface area contributed by atoms with Crippen LogP contribution >= 0.6 is 25.2 Å². The normalized spacial score (nSPS) is 7.56. The first-order chi connectivity index (χ1) is 4.39. The zero-order chi connectivity index (χ0) is 7.11. The van der Waals surface area contributed by atoms with Gasteiger partial charge in [-0.1, -0.05) is 17.4 Å². The van der Waals surface area contributed by atoms with Crippen LogP contribution in [0.5, 0.6) is 0 Å². The average Bonchev–Trinajstić information content (AvgIpc) is 1.94. The molecular formula is C5H3BrClNZn. The van der Waals surface area contributed by atoms with Gasteiger partial charge in [0, 0.05) is 0 Å². The number of halogens is 2. The van der Waals surface area contributed by atoms with E-state index in [1.807, 2.05) is 0 Å². The van der Waals surface area contributed by atoms with Crippen molar-refractivity contribution in [2.45, 2.75) is 0 Å². The van der Waals surface area contributed by atoms with Gasteiger partial charge in [-0.15, -0.1) is 12.1 Å². The van der Waals surface area contributed by atoms with Crippen LogP contribution in [-0.2, 0) is 16.3 Å². The quantitative estimate of drug-likeness (QED) is 0.514. The zero-order valence-electron chi connectivity index (χ0n) is 4.64. The molecular weight excluding hydrogens is 255 g/mol. The van der Waals surface area contributed by atoms with Crippen LogP contribution in [0.15, 0.2) is 18.3 Å². The minimum atomic E-state index is 0.676. The van der Waals surface area contributed by atoms with Crippen LogP contribution in [-0.4, -0.2) is 4.98 Å². The third kappa shape index (κ3) is 5.01. The summed E-state index contributed by atoms with van der Waals surface area (Å²) in [5.41, 5.74) is 0. The monoisotopic (exact) mass is 255 g/mol. The Bertz CT molecular complexity index is 147. The summed E-state index contributed by atoms with van der Waals surface area (Å²) in [6.45, 7) is 0. The summed E-state index contributed by atoms with van der Waals surface area (Å²) in [6, 6.07) is 3.32. The van der Waals surface area contributed by atoms with Crippen molar-refractivity contribution >= 4 is 25.2 Å². The van der Waals surface area contributed by atoms with Crippen LogP contribution in [0.4, 0.5) is 0 Å². The maximum atomic E-state index is 5.47. The summed E-state index contributed by atoms with van der Waals surface area (Å²) in [4.78, 5) is 3.64. The van der Waals surface area contributed by atoms with Crippen molar-refractivity contribution < 1.29 is 16.3 Å². The standard InChI is InChI=1S/C5H3ClN.BrH.Zn/c6-5-1-3-7-4-2-5;;/h1-3H;1H;/q-1;;+2/p-1. The molecule has 1 aromatic heterocycles. The van der Waals surface area contributed by atoms with Crippen molar-refractivity contribution in [1.29, 1.82) is 0 Å². The average molecular weight is 258 g/mol. The first-order valence-corrected chi connectivity index (χ1v) is 9.46. The van der Waals surface area contributed by atoms with Gasteiger partial charge >= 0.3 is 30.0 Å². The fourth-order valence-electron chi connectivity index (χ4n) is 0.299. The van der Waals surface area contributed by atoms with E-state index in [2.05, 4.69) is 24.8 Å². The maximum absolute atomic E-state index is 5.47. The second-order valence-electron chi connectivity index (χ2n) is 1.10. The molecule has 9 heavy (non-hydrogen) atoms. The predicted octanol–water partition coefficient (Wildman–Crippen LogP) is 2.38. The molecule has 1 aromatic rings. The van der Waals surface area contributed by atoms with E-state index in [1.165, 1.54) is 16.3 Å². The van der Waals surface area contributed by atoms with E-state index >= 15 is 0 Å². The van der Waals surface area contributed by atoms with Gasteiger partial charge in [0.05, 0.1) is 0 Å². The molecule has 0 radical (unpaired) electrons. The second kappa shape index (κ2) is 6.66. The Morgan fingerprint density at radius 1 is 1.67 bits per heavy atom. The molecule has 0 spiro atoms. The molecule has 0 N–H and O–H groups in total. The Morgan fingerprint density at radius 2 is 2.33 bits per heavy atom. The Morgan fingerprint density at radius 3 is 2.56 bits per heavy atom. The number of hydrogen-bond acceptors (Lipinski definition) is 1. The Labute approximate surface area is 75.9 Å². The van der Waals surface area contributed by atoms with Crippen LogP contribution in [0.3, 0.4) is 0 Å². The molecule has 0 saturated carbocycles. The molecule has 0 fully saturated rings. The van der Waals surface area contributed by atoms with Crippen molar-refractivity contribution in [3.8, 4) is 0 Å². The van der Waals surface area contributed by atoms with Gasteiger partial charge in [0.1, 0.15) is 0 Å². The van der Waals surface area contributed by atoms with Gasteiger partial charge in [0.25, 0.3) is 0 Å². The molecule has 44 valence electrons. The van der Waals surface area contributed by atoms with E-state index in [0.29, 0.717) is 5.02 Å². The Hall–Kier alpha value is 0.543. The third-order valence-corrected chi connectivity index (χ3v) is 0.820. The molecule has 0 unspecified atom stereocenters. The molecule has 0 aliphatic carbocycles. The third-order valence-electron chi connectivity index (χ3n) is 0.585. The molecule has 4 heteroatoms. The summed E-state index contributed by atoms with van der Waals surface area (Å²) in [6.07, 6.45) is 4.18. The van der Waals surface area contributed by atoms with Crippen molar-refractivity contribution in [3.63, 3.8) is 0 Å². The Kier molecular flexibility index (Phi) is 7.06. The summed E-state index contributed by atoms with van der Waals surface area (Å²) >= 11 is 9.72. The molecule has 1 heterocycles. The molecule has 0 aromatic carbocycles. The van der Waals surface area contributed by atoms with E-state index in [9.17, 15) is 0 Å². The first kappa shape index (κ1) is 9.54. The van der Waals surface area contributed by atoms with Crippen LogP contribution < -0.4 is 0 Å². The van der Waals surface area contributed by atoms with Crippen LogP contribution in [0, 0.1) is 6.20 Å². The number of hydrogen-bond donors (Lipinski definition) is 0. The van der Waals surface area contributed by atoms with E-state index in [1.54, 1.807) is 18.3 Å². The van der Waals surface area contributed by atoms with Gasteiger partial charge in [-0.2, -0.15) is 11.6 Å². The predicted molar refractivity (Wildman–Crippen MR) is 37.0 cm³/mol. The van der Waals surface area contributed by atoms with Gasteiger partial charge in [-0.05, 0) is 0 Å². The molecule has 0 aliphatic heterocycles. The van der Waals surface area contributed by atoms with Crippen molar-refractivity contribution in [2.75, 3.05) is 0 Å².